The summed E-state index contributed by atoms with van der Waals surface area (Å²) in [5, 5.41) is 114. The highest BCUT2D eigenvalue weighted by atomic mass is 16.8. The molecule has 15 atom stereocenters. The van der Waals surface area contributed by atoms with E-state index in [0.717, 1.165) is 6.08 Å². The number of phenols is 3. The minimum atomic E-state index is -1.97. The van der Waals surface area contributed by atoms with E-state index in [-0.39, 0.29) is 30.3 Å². The van der Waals surface area contributed by atoms with Crippen molar-refractivity contribution in [3.8, 4) is 23.0 Å². The largest absolute Gasteiger partial charge is 0.504 e. The minimum absolute atomic E-state index is 0.0904. The maximum Gasteiger partial charge on any atom is 0.331 e. The Hall–Kier alpha value is -3.71. The summed E-state index contributed by atoms with van der Waals surface area (Å²) >= 11 is 0. The summed E-state index contributed by atoms with van der Waals surface area (Å²) in [4.78, 5) is 13.4. The lowest BCUT2D eigenvalue weighted by Crippen LogP contribution is -2.67. The van der Waals surface area contributed by atoms with Gasteiger partial charge in [0.2, 0.25) is 0 Å². The van der Waals surface area contributed by atoms with Crippen molar-refractivity contribution in [2.75, 3.05) is 26.9 Å². The third kappa shape index (κ3) is 9.86. The minimum Gasteiger partial charge on any atom is -0.504 e. The zero-order chi connectivity index (χ0) is 40.8. The fourth-order valence-corrected chi connectivity index (χ4v) is 6.37. The first-order chi connectivity index (χ1) is 26.7. The van der Waals surface area contributed by atoms with Crippen LogP contribution in [0, 0.1) is 0 Å². The second-order valence-corrected chi connectivity index (χ2v) is 13.4. The molecule has 2 aromatic carbocycles. The van der Waals surface area contributed by atoms with Crippen LogP contribution in [0.15, 0.2) is 42.5 Å². The molecule has 3 saturated heterocycles. The van der Waals surface area contributed by atoms with E-state index in [1.165, 1.54) is 56.5 Å². The number of hydrogen-bond acceptors (Lipinski definition) is 20. The van der Waals surface area contributed by atoms with Crippen LogP contribution < -0.4 is 4.74 Å². The van der Waals surface area contributed by atoms with Crippen molar-refractivity contribution in [3.63, 3.8) is 0 Å². The van der Waals surface area contributed by atoms with Crippen LogP contribution in [0.4, 0.5) is 0 Å². The molecule has 56 heavy (non-hydrogen) atoms. The van der Waals surface area contributed by atoms with E-state index in [0.29, 0.717) is 11.1 Å². The molecule has 20 heteroatoms. The molecule has 0 amide bonds. The van der Waals surface area contributed by atoms with Crippen molar-refractivity contribution in [1.82, 2.24) is 0 Å². The number of esters is 1. The Balaban J connectivity index is 1.50. The van der Waals surface area contributed by atoms with E-state index < -0.39 is 117 Å². The van der Waals surface area contributed by atoms with Gasteiger partial charge in [0, 0.05) is 6.08 Å². The molecule has 3 fully saturated rings. The summed E-state index contributed by atoms with van der Waals surface area (Å²) < 4.78 is 46.4. The average molecular weight is 801 g/mol. The Labute approximate surface area is 319 Å². The molecule has 20 nitrogen and oxygen atoms in total. The second kappa shape index (κ2) is 19.2. The molecular weight excluding hydrogens is 752 g/mol. The summed E-state index contributed by atoms with van der Waals surface area (Å²) in [5.74, 6) is -1.83. The maximum absolute atomic E-state index is 13.4. The summed E-state index contributed by atoms with van der Waals surface area (Å²) in [7, 11) is 1.33. The summed E-state index contributed by atoms with van der Waals surface area (Å²) in [6.07, 6.45) is -22.9. The smallest absolute Gasteiger partial charge is 0.331 e. The van der Waals surface area contributed by atoms with Crippen LogP contribution in [0.25, 0.3) is 6.08 Å². The van der Waals surface area contributed by atoms with Crippen molar-refractivity contribution in [2.24, 2.45) is 0 Å². The predicted octanol–water partition coefficient (Wildman–Crippen LogP) is -2.89. The lowest BCUT2D eigenvalue weighted by molar-refractivity contribution is -0.390. The first-order valence-electron chi connectivity index (χ1n) is 17.6. The number of methoxy groups -OCH3 is 1. The van der Waals surface area contributed by atoms with Crippen molar-refractivity contribution in [1.29, 1.82) is 0 Å². The second-order valence-electron chi connectivity index (χ2n) is 13.4. The van der Waals surface area contributed by atoms with E-state index in [1.54, 1.807) is 0 Å². The number of rotatable bonds is 14. The van der Waals surface area contributed by atoms with E-state index in [4.69, 9.17) is 37.9 Å². The monoisotopic (exact) mass is 800 g/mol. The maximum atomic E-state index is 13.4. The zero-order valence-corrected chi connectivity index (χ0v) is 30.2. The number of aromatic hydroxyl groups is 3. The highest BCUT2D eigenvalue weighted by molar-refractivity contribution is 5.87. The lowest BCUT2D eigenvalue weighted by atomic mass is 9.96. The predicted molar refractivity (Wildman–Crippen MR) is 185 cm³/mol. The van der Waals surface area contributed by atoms with Gasteiger partial charge in [0.15, 0.2) is 48.0 Å². The SMILES string of the molecule is COc1cc(/C=C\C(=O)O[C@H]2[C@H](O[C@@H]3O[C@@H](C)[C@H](O)[C@@H](O)[C@@H]3O)[C@@H](O[C@H]3O[C@@H](CO)[C@@H](O)[C@H](O)[C@H]3O)[C@@H](OCCc3ccc(O)c(O)c3)O[C@@H]2CO)ccc1O. The summed E-state index contributed by atoms with van der Waals surface area (Å²) in [6, 6.07) is 8.28. The summed E-state index contributed by atoms with van der Waals surface area (Å²) in [5.41, 5.74) is 0.904. The highest BCUT2D eigenvalue weighted by Crippen LogP contribution is 2.36. The molecule has 0 bridgehead atoms. The van der Waals surface area contributed by atoms with Crippen LogP contribution in [-0.4, -0.2) is 181 Å². The fraction of sp³-hybridized carbons (Fsp3) is 0.583. The van der Waals surface area contributed by atoms with E-state index in [9.17, 15) is 61.0 Å². The van der Waals surface area contributed by atoms with Gasteiger partial charge in [-0.3, -0.25) is 0 Å². The molecule has 0 radical (unpaired) electrons. The van der Waals surface area contributed by atoms with Gasteiger partial charge in [-0.05, 0) is 54.8 Å². The van der Waals surface area contributed by atoms with Crippen LogP contribution in [0.3, 0.4) is 0 Å². The molecule has 0 aliphatic carbocycles. The standard InChI is InChI=1S/C36H48O20/c1-15-25(43)27(45)29(47)34(51-15)55-32-31(54-24(42)8-5-16-4-7-19(40)21(12-16)49-2)23(14-38)53-36(50-10-9-17-3-6-18(39)20(41)11-17)33(32)56-35-30(48)28(46)26(44)22(13-37)52-35/h3-8,11-12,15,22-23,25-41,43-48H,9-10,13-14H2,1-2H3/b8-5-/t15-,22-,23+,25-,26+,27+,28-,29-,30+,31+,32-,33+,34-,35+,36-/m0/s1. The molecule has 5 rings (SSSR count). The highest BCUT2D eigenvalue weighted by Gasteiger charge is 2.55. The van der Waals surface area contributed by atoms with E-state index in [2.05, 4.69) is 0 Å². The van der Waals surface area contributed by atoms with Crippen LogP contribution >= 0.6 is 0 Å². The third-order valence-electron chi connectivity index (χ3n) is 9.59. The molecule has 0 saturated carbocycles. The van der Waals surface area contributed by atoms with Gasteiger partial charge in [-0.2, -0.15) is 0 Å². The normalized spacial score (nSPS) is 36.4. The fourth-order valence-electron chi connectivity index (χ4n) is 6.37. The van der Waals surface area contributed by atoms with Crippen LogP contribution in [0.5, 0.6) is 23.0 Å². The van der Waals surface area contributed by atoms with Gasteiger partial charge < -0.3 is 94.1 Å². The Morgan fingerprint density at radius 2 is 1.32 bits per heavy atom. The van der Waals surface area contributed by atoms with Gasteiger partial charge in [-0.15, -0.1) is 0 Å². The number of carbonyl (C=O) groups is 1. The van der Waals surface area contributed by atoms with Crippen molar-refractivity contribution in [3.05, 3.63) is 53.6 Å². The van der Waals surface area contributed by atoms with Crippen molar-refractivity contribution in [2.45, 2.75) is 105 Å². The Morgan fingerprint density at radius 1 is 0.696 bits per heavy atom. The molecule has 0 spiro atoms. The van der Waals surface area contributed by atoms with Gasteiger partial charge in [0.25, 0.3) is 0 Å². The number of ether oxygens (including phenoxy) is 8. The number of hydrogen-bond donors (Lipinski definition) is 11. The number of phenolic OH excluding ortho intramolecular Hbond substituents is 3. The molecule has 3 aliphatic rings. The molecule has 11 N–H and O–H groups in total. The number of benzene rings is 2. The van der Waals surface area contributed by atoms with Gasteiger partial charge in [-0.1, -0.05) is 12.1 Å². The third-order valence-corrected chi connectivity index (χ3v) is 9.59. The lowest BCUT2D eigenvalue weighted by Gasteiger charge is -2.49. The topological polar surface area (TPSA) is 313 Å². The van der Waals surface area contributed by atoms with Crippen LogP contribution in [0.2, 0.25) is 0 Å². The Bertz CT molecular complexity index is 1620. The van der Waals surface area contributed by atoms with Gasteiger partial charge in [-0.25, -0.2) is 4.79 Å². The Kier molecular flexibility index (Phi) is 14.9. The molecular formula is C36H48O20. The van der Waals surface area contributed by atoms with Gasteiger partial charge in [0.05, 0.1) is 33.0 Å². The van der Waals surface area contributed by atoms with Crippen molar-refractivity contribution < 1.29 is 98.9 Å². The first kappa shape index (κ1) is 43.4. The first-order valence-corrected chi connectivity index (χ1v) is 17.6. The average Bonchev–Trinajstić information content (AvgIpc) is 3.18. The zero-order valence-electron chi connectivity index (χ0n) is 30.2. The van der Waals surface area contributed by atoms with Gasteiger partial charge in [0.1, 0.15) is 61.0 Å². The van der Waals surface area contributed by atoms with E-state index >= 15 is 0 Å². The molecule has 3 heterocycles. The summed E-state index contributed by atoms with van der Waals surface area (Å²) in [6.45, 7) is -0.493. The Morgan fingerprint density at radius 3 is 1.98 bits per heavy atom. The molecule has 0 unspecified atom stereocenters. The number of carbonyl (C=O) groups excluding carboxylic acids is 1. The molecule has 312 valence electrons. The molecule has 3 aliphatic heterocycles. The van der Waals surface area contributed by atoms with Crippen molar-refractivity contribution >= 4 is 12.0 Å². The number of aliphatic hydroxyl groups excluding tert-OH is 8. The van der Waals surface area contributed by atoms with E-state index in [1.807, 2.05) is 0 Å². The molecule has 0 aromatic heterocycles. The number of aliphatic hydroxyl groups is 8. The molecule has 2 aromatic rings. The quantitative estimate of drug-likeness (QED) is 0.0519. The van der Waals surface area contributed by atoms with Crippen LogP contribution in [-0.2, 0) is 44.4 Å². The van der Waals surface area contributed by atoms with Gasteiger partial charge >= 0.3 is 5.97 Å². The van der Waals surface area contributed by atoms with Crippen LogP contribution in [0.1, 0.15) is 18.1 Å².